The summed E-state index contributed by atoms with van der Waals surface area (Å²) in [5, 5.41) is 0. The number of thiazole rings is 1. The van der Waals surface area contributed by atoms with Crippen LogP contribution in [0.1, 0.15) is 5.56 Å². The molecule has 0 aliphatic rings. The molecule has 0 atom stereocenters. The first-order valence-corrected chi connectivity index (χ1v) is 5.54. The summed E-state index contributed by atoms with van der Waals surface area (Å²) in [5.41, 5.74) is 0.874. The normalized spacial score (nSPS) is 11.7. The number of hydrogen-bond acceptors (Lipinski definition) is 3. The van der Waals surface area contributed by atoms with Crippen LogP contribution < -0.4 is 19.5 Å². The summed E-state index contributed by atoms with van der Waals surface area (Å²) in [6.45, 7) is 3.69. The molecule has 2 aromatic rings. The van der Waals surface area contributed by atoms with Crippen molar-refractivity contribution < 1.29 is 4.74 Å². The Labute approximate surface area is 96.3 Å². The topological polar surface area (TPSA) is 42.1 Å². The van der Waals surface area contributed by atoms with E-state index in [-0.39, 0.29) is 5.56 Å². The van der Waals surface area contributed by atoms with Gasteiger partial charge >= 0.3 is 0 Å². The van der Waals surface area contributed by atoms with Gasteiger partial charge in [-0.15, -0.1) is 11.3 Å². The molecule has 0 unspecified atom stereocenters. The number of nitrogens with one attached hydrogen (secondary N) is 1. The van der Waals surface area contributed by atoms with E-state index >= 15 is 0 Å². The highest BCUT2D eigenvalue weighted by molar-refractivity contribution is 7.07. The summed E-state index contributed by atoms with van der Waals surface area (Å²) in [5.74, 6) is 0.801. The lowest BCUT2D eigenvalue weighted by Gasteiger charge is -1.98. The van der Waals surface area contributed by atoms with Gasteiger partial charge in [0.25, 0.3) is 5.56 Å². The molecule has 0 bridgehead atoms. The zero-order valence-corrected chi connectivity index (χ0v) is 9.64. The Bertz CT molecular complexity index is 637. The van der Waals surface area contributed by atoms with Gasteiger partial charge in [0.15, 0.2) is 0 Å². The second-order valence-electron chi connectivity index (χ2n) is 3.26. The van der Waals surface area contributed by atoms with Crippen LogP contribution in [0.25, 0.3) is 12.7 Å². The van der Waals surface area contributed by atoms with Crippen molar-refractivity contribution >= 4 is 24.0 Å². The highest BCUT2D eigenvalue weighted by Crippen LogP contribution is 2.11. The van der Waals surface area contributed by atoms with Crippen LogP contribution in [0.15, 0.2) is 29.1 Å². The van der Waals surface area contributed by atoms with Crippen LogP contribution in [0, 0.1) is 0 Å². The first-order chi connectivity index (χ1) is 7.69. The van der Waals surface area contributed by atoms with Gasteiger partial charge in [0.1, 0.15) is 5.75 Å². The number of hydrogen-bond donors (Lipinski definition) is 1. The lowest BCUT2D eigenvalue weighted by molar-refractivity contribution is 0.415. The van der Waals surface area contributed by atoms with E-state index in [0.29, 0.717) is 9.20 Å². The van der Waals surface area contributed by atoms with Crippen molar-refractivity contribution in [1.29, 1.82) is 0 Å². The summed E-state index contributed by atoms with van der Waals surface area (Å²) in [6, 6.07) is 7.53. The fraction of sp³-hybridized carbons (Fsp3) is 0.0833. The van der Waals surface area contributed by atoms with E-state index in [1.165, 1.54) is 11.3 Å². The molecule has 0 aliphatic carbocycles. The average Bonchev–Trinajstić information content (AvgIpc) is 2.59. The summed E-state index contributed by atoms with van der Waals surface area (Å²) >= 11 is 1.35. The number of rotatable bonds is 2. The first kappa shape index (κ1) is 10.7. The largest absolute Gasteiger partial charge is 0.497 e. The van der Waals surface area contributed by atoms with Gasteiger partial charge in [-0.25, -0.2) is 0 Å². The molecule has 4 heteroatoms. The molecule has 0 amide bonds. The quantitative estimate of drug-likeness (QED) is 0.829. The highest BCUT2D eigenvalue weighted by Gasteiger charge is 1.94. The minimum absolute atomic E-state index is 0.0918. The predicted molar refractivity (Wildman–Crippen MR) is 66.3 cm³/mol. The Balaban J connectivity index is 2.46. The van der Waals surface area contributed by atoms with Gasteiger partial charge in [-0.1, -0.05) is 18.7 Å². The fourth-order valence-corrected chi connectivity index (χ4v) is 2.09. The van der Waals surface area contributed by atoms with Gasteiger partial charge in [-0.2, -0.15) is 0 Å². The number of ether oxygens (including phenoxy) is 1. The van der Waals surface area contributed by atoms with E-state index in [1.807, 2.05) is 30.3 Å². The Morgan fingerprint density at radius 1 is 1.38 bits per heavy atom. The van der Waals surface area contributed by atoms with Crippen molar-refractivity contribution in [2.75, 3.05) is 7.11 Å². The van der Waals surface area contributed by atoms with Gasteiger partial charge in [0, 0.05) is 0 Å². The Hall–Kier alpha value is -1.81. The molecule has 3 nitrogen and oxygen atoms in total. The van der Waals surface area contributed by atoms with Crippen molar-refractivity contribution in [3.05, 3.63) is 49.4 Å². The van der Waals surface area contributed by atoms with E-state index in [1.54, 1.807) is 7.11 Å². The molecule has 0 spiro atoms. The molecular formula is C12H11NO2S. The van der Waals surface area contributed by atoms with Crippen LogP contribution in [0.3, 0.4) is 0 Å². The van der Waals surface area contributed by atoms with Crippen molar-refractivity contribution in [2.45, 2.75) is 0 Å². The minimum Gasteiger partial charge on any atom is -0.497 e. The predicted octanol–water partition coefficient (Wildman–Crippen LogP) is 0.684. The highest BCUT2D eigenvalue weighted by atomic mass is 32.1. The molecule has 2 rings (SSSR count). The second kappa shape index (κ2) is 4.37. The van der Waals surface area contributed by atoms with E-state index in [9.17, 15) is 4.79 Å². The minimum atomic E-state index is -0.0918. The van der Waals surface area contributed by atoms with Gasteiger partial charge in [-0.3, -0.25) is 4.79 Å². The second-order valence-corrected chi connectivity index (χ2v) is 4.40. The molecule has 0 fully saturated rings. The molecule has 1 N–H and O–H groups in total. The summed E-state index contributed by atoms with van der Waals surface area (Å²) in [4.78, 5) is 14.1. The maximum absolute atomic E-state index is 11.4. The van der Waals surface area contributed by atoms with E-state index in [0.717, 1.165) is 11.3 Å². The van der Waals surface area contributed by atoms with E-state index in [4.69, 9.17) is 4.74 Å². The molecule has 16 heavy (non-hydrogen) atoms. The number of aromatic nitrogens is 1. The van der Waals surface area contributed by atoms with Crippen molar-refractivity contribution in [3.63, 3.8) is 0 Å². The zero-order valence-electron chi connectivity index (χ0n) is 8.82. The van der Waals surface area contributed by atoms with Crippen LogP contribution in [0.5, 0.6) is 5.75 Å². The van der Waals surface area contributed by atoms with Crippen molar-refractivity contribution in [1.82, 2.24) is 4.98 Å². The van der Waals surface area contributed by atoms with Crippen molar-refractivity contribution in [2.24, 2.45) is 0 Å². The number of methoxy groups -OCH3 is 1. The van der Waals surface area contributed by atoms with Crippen LogP contribution in [0.4, 0.5) is 0 Å². The van der Waals surface area contributed by atoms with Gasteiger partial charge in [0.2, 0.25) is 0 Å². The molecule has 82 valence electrons. The number of aromatic amines is 1. The third-order valence-corrected chi connectivity index (χ3v) is 3.00. The smallest absolute Gasteiger partial charge is 0.266 e. The average molecular weight is 233 g/mol. The van der Waals surface area contributed by atoms with Gasteiger partial charge in [0.05, 0.1) is 16.3 Å². The Morgan fingerprint density at radius 2 is 2.06 bits per heavy atom. The van der Waals surface area contributed by atoms with E-state index < -0.39 is 0 Å². The molecular weight excluding hydrogens is 222 g/mol. The van der Waals surface area contributed by atoms with Crippen LogP contribution in [0.2, 0.25) is 0 Å². The number of benzene rings is 1. The van der Waals surface area contributed by atoms with E-state index in [2.05, 4.69) is 11.6 Å². The molecule has 0 radical (unpaired) electrons. The molecule has 0 saturated carbocycles. The molecule has 1 heterocycles. The third kappa shape index (κ3) is 2.23. The van der Waals surface area contributed by atoms with Crippen LogP contribution >= 0.6 is 11.3 Å². The standard InChI is InChI=1S/C12H11NO2S/c1-8-13-12(14)11(16-8)7-9-3-5-10(15-2)6-4-9/h3-7H,1H2,2H3,(H,13,14)/b11-7-. The molecule has 1 aromatic heterocycles. The lowest BCUT2D eigenvalue weighted by atomic mass is 10.2. The summed E-state index contributed by atoms with van der Waals surface area (Å²) < 4.78 is 6.39. The maximum atomic E-state index is 11.4. The lowest BCUT2D eigenvalue weighted by Crippen LogP contribution is -2.19. The number of H-pyrrole nitrogens is 1. The summed E-state index contributed by atoms with van der Waals surface area (Å²) in [7, 11) is 1.62. The first-order valence-electron chi connectivity index (χ1n) is 4.73. The maximum Gasteiger partial charge on any atom is 0.266 e. The van der Waals surface area contributed by atoms with Crippen LogP contribution in [-0.2, 0) is 0 Å². The molecule has 0 saturated heterocycles. The Morgan fingerprint density at radius 3 is 2.56 bits per heavy atom. The molecule has 0 aliphatic heterocycles. The van der Waals surface area contributed by atoms with Gasteiger partial charge in [-0.05, 0) is 23.8 Å². The molecule has 1 aromatic carbocycles. The van der Waals surface area contributed by atoms with Gasteiger partial charge < -0.3 is 9.72 Å². The zero-order chi connectivity index (χ0) is 11.5. The Kier molecular flexibility index (Phi) is 2.92. The third-order valence-electron chi connectivity index (χ3n) is 2.12. The fourth-order valence-electron chi connectivity index (χ4n) is 1.34. The monoisotopic (exact) mass is 233 g/mol. The summed E-state index contributed by atoms with van der Waals surface area (Å²) in [6.07, 6.45) is 1.83. The SMILES string of the molecule is C=c1[nH]c(=O)/c(=C/c2ccc(OC)cc2)s1. The van der Waals surface area contributed by atoms with Crippen molar-refractivity contribution in [3.8, 4) is 5.75 Å². The van der Waals surface area contributed by atoms with Crippen LogP contribution in [-0.4, -0.2) is 12.1 Å².